The molecule has 6 nitrogen and oxygen atoms in total. The van der Waals surface area contributed by atoms with Gasteiger partial charge in [-0.15, -0.1) is 0 Å². The van der Waals surface area contributed by atoms with Crippen molar-refractivity contribution < 1.29 is 24.2 Å². The molecule has 0 saturated carbocycles. The Hall–Kier alpha value is -3.15. The van der Waals surface area contributed by atoms with Gasteiger partial charge in [-0.2, -0.15) is 0 Å². The van der Waals surface area contributed by atoms with Gasteiger partial charge in [-0.25, -0.2) is 4.79 Å². The molecule has 6 heteroatoms. The summed E-state index contributed by atoms with van der Waals surface area (Å²) in [5, 5.41) is 9.31. The topological polar surface area (TPSA) is 83.9 Å². The molecule has 0 unspecified atom stereocenters. The molecule has 0 aromatic heterocycles. The van der Waals surface area contributed by atoms with Crippen molar-refractivity contribution in [3.05, 3.63) is 66.2 Å². The Bertz CT molecular complexity index is 730. The second-order valence-corrected chi connectivity index (χ2v) is 5.26. The van der Waals surface area contributed by atoms with Gasteiger partial charge in [0.25, 0.3) is 0 Å². The lowest BCUT2D eigenvalue weighted by atomic mass is 10.0. The van der Waals surface area contributed by atoms with Crippen LogP contribution in [0.5, 0.6) is 0 Å². The predicted octanol–water partition coefficient (Wildman–Crippen LogP) is 2.80. The summed E-state index contributed by atoms with van der Waals surface area (Å²) >= 11 is 0. The van der Waals surface area contributed by atoms with Gasteiger partial charge in [0.2, 0.25) is 0 Å². The minimum atomic E-state index is -1.08. The smallest absolute Gasteiger partial charge is 0.397 e. The number of para-hydroxylation sites is 1. The molecule has 2 aromatic carbocycles. The van der Waals surface area contributed by atoms with Crippen molar-refractivity contribution in [1.82, 2.24) is 0 Å². The summed E-state index contributed by atoms with van der Waals surface area (Å²) in [6, 6.07) is 16.4. The van der Waals surface area contributed by atoms with Gasteiger partial charge in [0, 0.05) is 5.69 Å². The molecule has 0 saturated heterocycles. The molecule has 0 aliphatic heterocycles. The second-order valence-electron chi connectivity index (χ2n) is 5.26. The van der Waals surface area contributed by atoms with Crippen LogP contribution in [0.3, 0.4) is 0 Å². The Morgan fingerprint density at radius 3 is 2.08 bits per heavy atom. The van der Waals surface area contributed by atoms with E-state index in [0.29, 0.717) is 11.3 Å². The van der Waals surface area contributed by atoms with Gasteiger partial charge in [-0.3, -0.25) is 14.5 Å². The summed E-state index contributed by atoms with van der Waals surface area (Å²) in [5.74, 6) is -2.99. The van der Waals surface area contributed by atoms with Crippen LogP contribution in [0, 0.1) is 0 Å². The van der Waals surface area contributed by atoms with Crippen LogP contribution < -0.4 is 4.90 Å². The van der Waals surface area contributed by atoms with E-state index in [1.165, 1.54) is 4.90 Å². The van der Waals surface area contributed by atoms with Crippen LogP contribution in [-0.4, -0.2) is 29.6 Å². The van der Waals surface area contributed by atoms with E-state index >= 15 is 0 Å². The average molecular weight is 341 g/mol. The number of aliphatic carboxylic acids is 1. The summed E-state index contributed by atoms with van der Waals surface area (Å²) in [6.07, 6.45) is -0.343. The molecular formula is C19H19NO5. The number of carbonyl (C=O) groups is 3. The largest absolute Gasteiger partial charge is 0.481 e. The van der Waals surface area contributed by atoms with E-state index in [2.05, 4.69) is 0 Å². The van der Waals surface area contributed by atoms with E-state index in [1.807, 2.05) is 0 Å². The number of ether oxygens (including phenoxy) is 1. The SMILES string of the molecule is CCOC(=O)C(=O)N(c1ccccc1)[C@@H](CC(=O)O)c1ccccc1. The van der Waals surface area contributed by atoms with Crippen LogP contribution in [-0.2, 0) is 19.1 Å². The minimum Gasteiger partial charge on any atom is -0.481 e. The molecule has 0 heterocycles. The summed E-state index contributed by atoms with van der Waals surface area (Å²) < 4.78 is 4.82. The van der Waals surface area contributed by atoms with Crippen molar-refractivity contribution >= 4 is 23.5 Å². The molecule has 1 N–H and O–H groups in total. The number of carboxylic acids is 1. The Balaban J connectivity index is 2.51. The molecule has 0 bridgehead atoms. The Kier molecular flexibility index (Phi) is 6.28. The van der Waals surface area contributed by atoms with E-state index in [1.54, 1.807) is 67.6 Å². The van der Waals surface area contributed by atoms with Gasteiger partial charge in [0.1, 0.15) is 0 Å². The van der Waals surface area contributed by atoms with Crippen molar-refractivity contribution in [3.63, 3.8) is 0 Å². The molecule has 0 aliphatic rings. The number of rotatable bonds is 6. The zero-order chi connectivity index (χ0) is 18.2. The highest BCUT2D eigenvalue weighted by Crippen LogP contribution is 2.30. The van der Waals surface area contributed by atoms with Gasteiger partial charge in [-0.05, 0) is 24.6 Å². The number of esters is 1. The molecule has 0 fully saturated rings. The number of anilines is 1. The Morgan fingerprint density at radius 2 is 1.56 bits per heavy atom. The van der Waals surface area contributed by atoms with Crippen LogP contribution in [0.25, 0.3) is 0 Å². The third-order valence-electron chi connectivity index (χ3n) is 3.57. The first-order valence-electron chi connectivity index (χ1n) is 7.86. The number of benzene rings is 2. The predicted molar refractivity (Wildman–Crippen MR) is 92.0 cm³/mol. The molecule has 1 atom stereocenters. The number of carboxylic acid groups (broad SMARTS) is 1. The molecule has 130 valence electrons. The van der Waals surface area contributed by atoms with E-state index in [9.17, 15) is 19.5 Å². The molecule has 2 rings (SSSR count). The highest BCUT2D eigenvalue weighted by molar-refractivity contribution is 6.38. The zero-order valence-electron chi connectivity index (χ0n) is 13.8. The average Bonchev–Trinajstić information content (AvgIpc) is 2.62. The lowest BCUT2D eigenvalue weighted by Crippen LogP contribution is -2.41. The Labute approximate surface area is 145 Å². The number of amides is 1. The highest BCUT2D eigenvalue weighted by Gasteiger charge is 2.33. The van der Waals surface area contributed by atoms with Crippen molar-refractivity contribution in [2.24, 2.45) is 0 Å². The number of hydrogen-bond donors (Lipinski definition) is 1. The van der Waals surface area contributed by atoms with Gasteiger partial charge in [-0.1, -0.05) is 48.5 Å². The van der Waals surface area contributed by atoms with Crippen molar-refractivity contribution in [2.45, 2.75) is 19.4 Å². The van der Waals surface area contributed by atoms with E-state index < -0.39 is 23.9 Å². The van der Waals surface area contributed by atoms with Crippen LogP contribution in [0.15, 0.2) is 60.7 Å². The van der Waals surface area contributed by atoms with E-state index in [-0.39, 0.29) is 13.0 Å². The number of hydrogen-bond acceptors (Lipinski definition) is 4. The minimum absolute atomic E-state index is 0.0577. The van der Waals surface area contributed by atoms with Crippen LogP contribution >= 0.6 is 0 Å². The van der Waals surface area contributed by atoms with Crippen LogP contribution in [0.1, 0.15) is 24.9 Å². The molecule has 1 amide bonds. The lowest BCUT2D eigenvalue weighted by Gasteiger charge is -2.30. The highest BCUT2D eigenvalue weighted by atomic mass is 16.5. The Morgan fingerprint density at radius 1 is 1.00 bits per heavy atom. The number of carbonyl (C=O) groups excluding carboxylic acids is 2. The van der Waals surface area contributed by atoms with E-state index in [0.717, 1.165) is 0 Å². The normalized spacial score (nSPS) is 11.4. The second kappa shape index (κ2) is 8.63. The monoisotopic (exact) mass is 341 g/mol. The summed E-state index contributed by atoms with van der Waals surface area (Å²) in [6.45, 7) is 1.66. The molecular weight excluding hydrogens is 322 g/mol. The maximum absolute atomic E-state index is 12.7. The van der Waals surface area contributed by atoms with Crippen molar-refractivity contribution in [3.8, 4) is 0 Å². The maximum Gasteiger partial charge on any atom is 0.397 e. The fourth-order valence-corrected chi connectivity index (χ4v) is 2.52. The van der Waals surface area contributed by atoms with Gasteiger partial charge < -0.3 is 9.84 Å². The lowest BCUT2D eigenvalue weighted by molar-refractivity contribution is -0.153. The van der Waals surface area contributed by atoms with Crippen molar-refractivity contribution in [1.29, 1.82) is 0 Å². The third kappa shape index (κ3) is 4.67. The first-order valence-corrected chi connectivity index (χ1v) is 7.86. The quantitative estimate of drug-likeness (QED) is 0.645. The summed E-state index contributed by atoms with van der Waals surface area (Å²) in [4.78, 5) is 37.3. The summed E-state index contributed by atoms with van der Waals surface area (Å²) in [7, 11) is 0. The van der Waals surface area contributed by atoms with Gasteiger partial charge in [0.05, 0.1) is 19.1 Å². The summed E-state index contributed by atoms with van der Waals surface area (Å²) in [5.41, 5.74) is 1.04. The molecule has 0 aliphatic carbocycles. The van der Waals surface area contributed by atoms with E-state index in [4.69, 9.17) is 4.74 Å². The number of nitrogens with zero attached hydrogens (tertiary/aromatic N) is 1. The van der Waals surface area contributed by atoms with Gasteiger partial charge in [0.15, 0.2) is 0 Å². The fraction of sp³-hybridized carbons (Fsp3) is 0.211. The fourth-order valence-electron chi connectivity index (χ4n) is 2.52. The van der Waals surface area contributed by atoms with Crippen LogP contribution in [0.4, 0.5) is 5.69 Å². The third-order valence-corrected chi connectivity index (χ3v) is 3.57. The molecule has 2 aromatic rings. The molecule has 0 radical (unpaired) electrons. The van der Waals surface area contributed by atoms with Gasteiger partial charge >= 0.3 is 17.8 Å². The first-order chi connectivity index (χ1) is 12.0. The standard InChI is InChI=1S/C19H19NO5/c1-2-25-19(24)18(23)20(15-11-7-4-8-12-15)16(13-17(21)22)14-9-5-3-6-10-14/h3-12,16H,2,13H2,1H3,(H,21,22)/t16-/m0/s1. The zero-order valence-corrected chi connectivity index (χ0v) is 13.8. The first kappa shape index (κ1) is 18.2. The molecule has 0 spiro atoms. The maximum atomic E-state index is 12.7. The molecule has 25 heavy (non-hydrogen) atoms. The van der Waals surface area contributed by atoms with Crippen molar-refractivity contribution in [2.75, 3.05) is 11.5 Å². The van der Waals surface area contributed by atoms with Crippen LogP contribution in [0.2, 0.25) is 0 Å².